The zero-order valence-corrected chi connectivity index (χ0v) is 17.1. The predicted octanol–water partition coefficient (Wildman–Crippen LogP) is 6.80. The SMILES string of the molecule is Cc1cc(F)ccc1Oc1cc(C(F)(F)F)ccc1C(=O)Nc1cccc(I)c1. The molecule has 3 nitrogen and oxygen atoms in total. The van der Waals surface area contributed by atoms with Gasteiger partial charge in [-0.3, -0.25) is 4.79 Å². The Bertz CT molecular complexity index is 1070. The van der Waals surface area contributed by atoms with Crippen LogP contribution < -0.4 is 10.1 Å². The Morgan fingerprint density at radius 2 is 1.76 bits per heavy atom. The molecule has 29 heavy (non-hydrogen) atoms. The van der Waals surface area contributed by atoms with Crippen LogP contribution in [0.2, 0.25) is 0 Å². The Morgan fingerprint density at radius 1 is 1.00 bits per heavy atom. The fraction of sp³-hybridized carbons (Fsp3) is 0.0952. The van der Waals surface area contributed by atoms with Gasteiger partial charge in [-0.15, -0.1) is 0 Å². The smallest absolute Gasteiger partial charge is 0.416 e. The molecule has 0 bridgehead atoms. The van der Waals surface area contributed by atoms with Crippen molar-refractivity contribution in [1.29, 1.82) is 0 Å². The third-order valence-corrected chi connectivity index (χ3v) is 4.66. The molecule has 0 radical (unpaired) electrons. The molecule has 0 heterocycles. The quantitative estimate of drug-likeness (QED) is 0.307. The summed E-state index contributed by atoms with van der Waals surface area (Å²) in [6.07, 6.45) is -4.61. The predicted molar refractivity (Wildman–Crippen MR) is 110 cm³/mol. The number of aryl methyl sites for hydroxylation is 1. The molecule has 0 unspecified atom stereocenters. The molecule has 3 rings (SSSR count). The van der Waals surface area contributed by atoms with Gasteiger partial charge < -0.3 is 10.1 Å². The van der Waals surface area contributed by atoms with Gasteiger partial charge in [-0.25, -0.2) is 4.39 Å². The Balaban J connectivity index is 2.00. The summed E-state index contributed by atoms with van der Waals surface area (Å²) in [7, 11) is 0. The van der Waals surface area contributed by atoms with Gasteiger partial charge in [0.1, 0.15) is 17.3 Å². The lowest BCUT2D eigenvalue weighted by atomic mass is 10.1. The van der Waals surface area contributed by atoms with Crippen molar-refractivity contribution in [3.05, 3.63) is 86.7 Å². The molecular formula is C21H14F4INO2. The average Bonchev–Trinajstić information content (AvgIpc) is 2.63. The number of hydrogen-bond acceptors (Lipinski definition) is 2. The molecule has 150 valence electrons. The Morgan fingerprint density at radius 3 is 2.41 bits per heavy atom. The second kappa shape index (κ2) is 8.40. The van der Waals surface area contributed by atoms with Crippen LogP contribution in [0.5, 0.6) is 11.5 Å². The van der Waals surface area contributed by atoms with E-state index in [0.29, 0.717) is 11.3 Å². The molecule has 0 saturated heterocycles. The third kappa shape index (κ3) is 5.26. The number of rotatable bonds is 4. The molecule has 1 N–H and O–H groups in total. The van der Waals surface area contributed by atoms with E-state index in [2.05, 4.69) is 27.9 Å². The molecule has 0 saturated carbocycles. The maximum Gasteiger partial charge on any atom is 0.416 e. The normalized spacial score (nSPS) is 11.2. The molecule has 0 spiro atoms. The van der Waals surface area contributed by atoms with Gasteiger partial charge in [-0.2, -0.15) is 13.2 Å². The van der Waals surface area contributed by atoms with Crippen LogP contribution >= 0.6 is 22.6 Å². The van der Waals surface area contributed by atoms with Crippen molar-refractivity contribution in [3.63, 3.8) is 0 Å². The van der Waals surface area contributed by atoms with E-state index >= 15 is 0 Å². The molecule has 0 fully saturated rings. The Labute approximate surface area is 177 Å². The van der Waals surface area contributed by atoms with Gasteiger partial charge in [0.15, 0.2) is 0 Å². The summed E-state index contributed by atoms with van der Waals surface area (Å²) in [5, 5.41) is 2.64. The van der Waals surface area contributed by atoms with E-state index < -0.39 is 23.5 Å². The molecule has 0 aliphatic rings. The van der Waals surface area contributed by atoms with Gasteiger partial charge in [0.25, 0.3) is 5.91 Å². The van der Waals surface area contributed by atoms with E-state index in [1.165, 1.54) is 12.1 Å². The zero-order chi connectivity index (χ0) is 21.2. The molecule has 0 aliphatic carbocycles. The number of alkyl halides is 3. The van der Waals surface area contributed by atoms with E-state index in [4.69, 9.17) is 4.74 Å². The number of hydrogen-bond donors (Lipinski definition) is 1. The number of benzene rings is 3. The first-order valence-electron chi connectivity index (χ1n) is 8.35. The first-order chi connectivity index (χ1) is 13.6. The van der Waals surface area contributed by atoms with Gasteiger partial charge >= 0.3 is 6.18 Å². The summed E-state index contributed by atoms with van der Waals surface area (Å²) in [6, 6.07) is 13.2. The minimum Gasteiger partial charge on any atom is -0.456 e. The maximum absolute atomic E-state index is 13.3. The summed E-state index contributed by atoms with van der Waals surface area (Å²) in [6.45, 7) is 1.55. The first-order valence-corrected chi connectivity index (χ1v) is 9.43. The minimum absolute atomic E-state index is 0.0828. The summed E-state index contributed by atoms with van der Waals surface area (Å²) < 4.78 is 59.3. The van der Waals surface area contributed by atoms with Crippen molar-refractivity contribution in [2.45, 2.75) is 13.1 Å². The van der Waals surface area contributed by atoms with Crippen LogP contribution in [0.4, 0.5) is 23.2 Å². The fourth-order valence-corrected chi connectivity index (χ4v) is 3.12. The van der Waals surface area contributed by atoms with Crippen LogP contribution in [0.25, 0.3) is 0 Å². The van der Waals surface area contributed by atoms with Crippen molar-refractivity contribution in [3.8, 4) is 11.5 Å². The molecule has 0 aromatic heterocycles. The molecule has 1 amide bonds. The van der Waals surface area contributed by atoms with E-state index in [1.54, 1.807) is 25.1 Å². The maximum atomic E-state index is 13.3. The van der Waals surface area contributed by atoms with Crippen molar-refractivity contribution in [2.75, 3.05) is 5.32 Å². The van der Waals surface area contributed by atoms with Crippen molar-refractivity contribution in [1.82, 2.24) is 0 Å². The first kappa shape index (κ1) is 21.1. The highest BCUT2D eigenvalue weighted by Crippen LogP contribution is 2.36. The van der Waals surface area contributed by atoms with Gasteiger partial charge in [0, 0.05) is 9.26 Å². The van der Waals surface area contributed by atoms with Crippen molar-refractivity contribution in [2.24, 2.45) is 0 Å². The van der Waals surface area contributed by atoms with E-state index in [-0.39, 0.29) is 17.1 Å². The summed E-state index contributed by atoms with van der Waals surface area (Å²) in [4.78, 5) is 12.7. The number of ether oxygens (including phenoxy) is 1. The van der Waals surface area contributed by atoms with Crippen LogP contribution in [0, 0.1) is 16.3 Å². The highest BCUT2D eigenvalue weighted by molar-refractivity contribution is 14.1. The molecule has 3 aromatic carbocycles. The van der Waals surface area contributed by atoms with E-state index in [0.717, 1.165) is 27.8 Å². The van der Waals surface area contributed by atoms with E-state index in [1.807, 2.05) is 6.07 Å². The number of nitrogens with one attached hydrogen (secondary N) is 1. The highest BCUT2D eigenvalue weighted by atomic mass is 127. The van der Waals surface area contributed by atoms with Crippen LogP contribution in [0.1, 0.15) is 21.5 Å². The summed E-state index contributed by atoms with van der Waals surface area (Å²) in [5.41, 5.74) is -0.171. The van der Waals surface area contributed by atoms with Crippen molar-refractivity contribution < 1.29 is 27.1 Å². The minimum atomic E-state index is -4.61. The van der Waals surface area contributed by atoms with Gasteiger partial charge in [0.05, 0.1) is 11.1 Å². The molecular weight excluding hydrogens is 501 g/mol. The Kier molecular flexibility index (Phi) is 6.11. The number of amides is 1. The second-order valence-electron chi connectivity index (χ2n) is 6.19. The molecule has 0 atom stereocenters. The molecule has 8 heteroatoms. The number of anilines is 1. The largest absolute Gasteiger partial charge is 0.456 e. The van der Waals surface area contributed by atoms with Crippen LogP contribution in [-0.2, 0) is 6.18 Å². The summed E-state index contributed by atoms with van der Waals surface area (Å²) in [5.74, 6) is -1.27. The second-order valence-corrected chi connectivity index (χ2v) is 7.43. The summed E-state index contributed by atoms with van der Waals surface area (Å²) >= 11 is 2.08. The van der Waals surface area contributed by atoms with Crippen molar-refractivity contribution >= 4 is 34.2 Å². The van der Waals surface area contributed by atoms with Crippen LogP contribution in [0.3, 0.4) is 0 Å². The van der Waals surface area contributed by atoms with Gasteiger partial charge in [-0.1, -0.05) is 6.07 Å². The third-order valence-electron chi connectivity index (χ3n) is 3.99. The lowest BCUT2D eigenvalue weighted by Gasteiger charge is -2.16. The molecule has 3 aromatic rings. The lowest BCUT2D eigenvalue weighted by molar-refractivity contribution is -0.137. The Hall–Kier alpha value is -2.62. The van der Waals surface area contributed by atoms with Crippen LogP contribution in [0.15, 0.2) is 60.7 Å². The zero-order valence-electron chi connectivity index (χ0n) is 15.0. The number of halogens is 5. The van der Waals surface area contributed by atoms with Crippen LogP contribution in [-0.4, -0.2) is 5.91 Å². The average molecular weight is 515 g/mol. The lowest BCUT2D eigenvalue weighted by Crippen LogP contribution is -2.14. The van der Waals surface area contributed by atoms with Gasteiger partial charge in [0.2, 0.25) is 0 Å². The number of carbonyl (C=O) groups excluding carboxylic acids is 1. The number of carbonyl (C=O) groups is 1. The fourth-order valence-electron chi connectivity index (χ4n) is 2.58. The molecule has 0 aliphatic heterocycles. The monoisotopic (exact) mass is 515 g/mol. The highest BCUT2D eigenvalue weighted by Gasteiger charge is 2.32. The topological polar surface area (TPSA) is 38.3 Å². The van der Waals surface area contributed by atoms with E-state index in [9.17, 15) is 22.4 Å². The van der Waals surface area contributed by atoms with Gasteiger partial charge in [-0.05, 0) is 89.7 Å². The standard InChI is InChI=1S/C21H14F4INO2/c1-12-9-14(22)6-8-18(12)29-19-10-13(21(23,24)25)5-7-17(19)20(28)27-16-4-2-3-15(26)11-16/h2-11H,1H3,(H,27,28).